The molecule has 1 heterocycles. The molecule has 30 heavy (non-hydrogen) atoms. The molecule has 4 aromatic rings. The van der Waals surface area contributed by atoms with Crippen LogP contribution in [0.2, 0.25) is 0 Å². The van der Waals surface area contributed by atoms with Gasteiger partial charge >= 0.3 is 0 Å². The summed E-state index contributed by atoms with van der Waals surface area (Å²) in [7, 11) is 0. The van der Waals surface area contributed by atoms with Gasteiger partial charge in [0.2, 0.25) is 0 Å². The van der Waals surface area contributed by atoms with E-state index >= 15 is 0 Å². The topological polar surface area (TPSA) is 12.4 Å². The minimum Gasteiger partial charge on any atom is -0.275 e. The van der Waals surface area contributed by atoms with Crippen LogP contribution in [-0.2, 0) is 0 Å². The highest BCUT2D eigenvalue weighted by Gasteiger charge is 2.34. The van der Waals surface area contributed by atoms with Crippen molar-refractivity contribution in [3.63, 3.8) is 0 Å². The molecule has 0 saturated heterocycles. The van der Waals surface area contributed by atoms with Crippen LogP contribution in [0.3, 0.4) is 0 Å². The van der Waals surface area contributed by atoms with Crippen LogP contribution in [-0.4, -0.2) is 5.71 Å². The van der Waals surface area contributed by atoms with Crippen LogP contribution in [0, 0.1) is 11.6 Å². The van der Waals surface area contributed by atoms with E-state index in [0.29, 0.717) is 0 Å². The van der Waals surface area contributed by atoms with Crippen molar-refractivity contribution in [2.45, 2.75) is 12.0 Å². The molecule has 1 aliphatic rings. The van der Waals surface area contributed by atoms with Crippen molar-refractivity contribution in [2.75, 3.05) is 0 Å². The molecule has 0 radical (unpaired) electrons. The Morgan fingerprint density at radius 2 is 1.20 bits per heavy atom. The van der Waals surface area contributed by atoms with Gasteiger partial charge in [-0.1, -0.05) is 60.7 Å². The maximum Gasteiger partial charge on any atom is 0.123 e. The Balaban J connectivity index is 1.77. The summed E-state index contributed by atoms with van der Waals surface area (Å²) in [5.41, 5.74) is 5.48. The maximum atomic E-state index is 14.4. The lowest BCUT2D eigenvalue weighted by atomic mass is 9.76. The molecule has 0 aliphatic carbocycles. The Morgan fingerprint density at radius 1 is 0.600 bits per heavy atom. The monoisotopic (exact) mass is 395 g/mol. The SMILES string of the molecule is Fc1ccc(C2=N[C@@H](c3ccccc3)[C@@H](c3ccccc3)c3cc(F)ccc32)cc1. The third-order valence-electron chi connectivity index (χ3n) is 5.61. The fourth-order valence-corrected chi connectivity index (χ4v) is 4.24. The molecule has 0 saturated carbocycles. The predicted molar refractivity (Wildman–Crippen MR) is 116 cm³/mol. The average Bonchev–Trinajstić information content (AvgIpc) is 2.79. The zero-order valence-electron chi connectivity index (χ0n) is 16.2. The zero-order chi connectivity index (χ0) is 20.5. The zero-order valence-corrected chi connectivity index (χ0v) is 16.2. The minimum atomic E-state index is -0.295. The number of halogens is 2. The minimum absolute atomic E-state index is 0.122. The van der Waals surface area contributed by atoms with E-state index in [9.17, 15) is 8.78 Å². The summed E-state index contributed by atoms with van der Waals surface area (Å²) in [4.78, 5) is 5.15. The number of fused-ring (bicyclic) bond motifs is 1. The van der Waals surface area contributed by atoms with Crippen LogP contribution in [0.1, 0.15) is 39.8 Å². The summed E-state index contributed by atoms with van der Waals surface area (Å²) >= 11 is 0. The van der Waals surface area contributed by atoms with Crippen molar-refractivity contribution in [3.8, 4) is 0 Å². The molecule has 0 unspecified atom stereocenters. The fraction of sp³-hybridized carbons (Fsp3) is 0.0741. The van der Waals surface area contributed by atoms with Crippen LogP contribution >= 0.6 is 0 Å². The lowest BCUT2D eigenvalue weighted by Gasteiger charge is -2.33. The van der Waals surface area contributed by atoms with Gasteiger partial charge in [-0.15, -0.1) is 0 Å². The first-order chi connectivity index (χ1) is 14.7. The highest BCUT2D eigenvalue weighted by molar-refractivity contribution is 6.14. The normalized spacial score (nSPS) is 17.9. The van der Waals surface area contributed by atoms with Gasteiger partial charge in [0.05, 0.1) is 11.8 Å². The Morgan fingerprint density at radius 3 is 1.87 bits per heavy atom. The van der Waals surface area contributed by atoms with E-state index in [0.717, 1.165) is 33.5 Å². The highest BCUT2D eigenvalue weighted by Crippen LogP contribution is 2.45. The van der Waals surface area contributed by atoms with E-state index in [1.54, 1.807) is 24.3 Å². The molecule has 0 bridgehead atoms. The molecule has 146 valence electrons. The molecule has 2 atom stereocenters. The smallest absolute Gasteiger partial charge is 0.123 e. The lowest BCUT2D eigenvalue weighted by Crippen LogP contribution is -2.23. The molecule has 0 spiro atoms. The number of aliphatic imine (C=N–C) groups is 1. The molecule has 1 aliphatic heterocycles. The van der Waals surface area contributed by atoms with Crippen LogP contribution < -0.4 is 0 Å². The van der Waals surface area contributed by atoms with Gasteiger partial charge in [0.15, 0.2) is 0 Å². The van der Waals surface area contributed by atoms with E-state index in [-0.39, 0.29) is 23.6 Å². The maximum absolute atomic E-state index is 14.4. The van der Waals surface area contributed by atoms with Gasteiger partial charge in [0, 0.05) is 17.0 Å². The second kappa shape index (κ2) is 7.68. The average molecular weight is 395 g/mol. The second-order valence-corrected chi connectivity index (χ2v) is 7.46. The van der Waals surface area contributed by atoms with Gasteiger partial charge in [-0.3, -0.25) is 4.99 Å². The number of nitrogens with zero attached hydrogens (tertiary/aromatic N) is 1. The Hall–Kier alpha value is -3.59. The van der Waals surface area contributed by atoms with Gasteiger partial charge < -0.3 is 0 Å². The van der Waals surface area contributed by atoms with Crippen molar-refractivity contribution < 1.29 is 8.78 Å². The van der Waals surface area contributed by atoms with Crippen LogP contribution in [0.25, 0.3) is 0 Å². The van der Waals surface area contributed by atoms with E-state index < -0.39 is 0 Å². The predicted octanol–water partition coefficient (Wildman–Crippen LogP) is 6.69. The third-order valence-corrected chi connectivity index (χ3v) is 5.61. The first kappa shape index (κ1) is 18.4. The van der Waals surface area contributed by atoms with Crippen molar-refractivity contribution in [3.05, 3.63) is 143 Å². The molecule has 0 N–H and O–H groups in total. The molecule has 0 amide bonds. The quantitative estimate of drug-likeness (QED) is 0.366. The first-order valence-electron chi connectivity index (χ1n) is 9.94. The van der Waals surface area contributed by atoms with Crippen molar-refractivity contribution in [1.82, 2.24) is 0 Å². The van der Waals surface area contributed by atoms with Crippen LogP contribution in [0.15, 0.2) is 108 Å². The summed E-state index contributed by atoms with van der Waals surface area (Å²) in [6, 6.07) is 31.1. The molecule has 0 aromatic heterocycles. The van der Waals surface area contributed by atoms with Crippen molar-refractivity contribution >= 4 is 5.71 Å². The number of benzene rings is 4. The van der Waals surface area contributed by atoms with Crippen molar-refractivity contribution in [1.29, 1.82) is 0 Å². The Kier molecular flexibility index (Phi) is 4.72. The first-order valence-corrected chi connectivity index (χ1v) is 9.94. The number of hydrogen-bond acceptors (Lipinski definition) is 1. The summed E-state index contributed by atoms with van der Waals surface area (Å²) in [5, 5.41) is 0. The molecule has 3 heteroatoms. The second-order valence-electron chi connectivity index (χ2n) is 7.46. The number of hydrogen-bond donors (Lipinski definition) is 0. The van der Waals surface area contributed by atoms with Gasteiger partial charge in [0.25, 0.3) is 0 Å². The van der Waals surface area contributed by atoms with Gasteiger partial charge in [-0.2, -0.15) is 0 Å². The highest BCUT2D eigenvalue weighted by atomic mass is 19.1. The van der Waals surface area contributed by atoms with E-state index in [4.69, 9.17) is 4.99 Å². The third kappa shape index (κ3) is 3.33. The van der Waals surface area contributed by atoms with E-state index in [1.165, 1.54) is 18.2 Å². The molecule has 0 fully saturated rings. The largest absolute Gasteiger partial charge is 0.275 e. The number of rotatable bonds is 3. The summed E-state index contributed by atoms with van der Waals surface area (Å²) < 4.78 is 27.9. The Bertz CT molecular complexity index is 1200. The molecule has 5 rings (SSSR count). The summed E-state index contributed by atoms with van der Waals surface area (Å²) in [5.74, 6) is -0.693. The molecular formula is C27H19F2N. The molecule has 1 nitrogen and oxygen atoms in total. The van der Waals surface area contributed by atoms with Gasteiger partial charge in [-0.25, -0.2) is 8.78 Å². The summed E-state index contributed by atoms with van der Waals surface area (Å²) in [6.45, 7) is 0. The van der Waals surface area contributed by atoms with Gasteiger partial charge in [-0.05, 0) is 59.2 Å². The molecule has 4 aromatic carbocycles. The summed E-state index contributed by atoms with van der Waals surface area (Å²) in [6.07, 6.45) is 0. The van der Waals surface area contributed by atoms with Crippen LogP contribution in [0.5, 0.6) is 0 Å². The fourth-order valence-electron chi connectivity index (χ4n) is 4.24. The Labute approximate surface area is 174 Å². The van der Waals surface area contributed by atoms with E-state index in [2.05, 4.69) is 24.3 Å². The van der Waals surface area contributed by atoms with Crippen molar-refractivity contribution in [2.24, 2.45) is 4.99 Å². The van der Waals surface area contributed by atoms with Gasteiger partial charge in [0.1, 0.15) is 11.6 Å². The van der Waals surface area contributed by atoms with Crippen LogP contribution in [0.4, 0.5) is 8.78 Å². The molecular weight excluding hydrogens is 376 g/mol. The lowest BCUT2D eigenvalue weighted by molar-refractivity contribution is 0.597. The standard InChI is InChI=1S/C27H19F2N/c28-21-13-11-20(12-14-21)26-23-16-15-22(29)17-24(23)25(18-7-3-1-4-8-18)27(30-26)19-9-5-2-6-10-19/h1-17,25,27H/t25-,27-/m0/s1. The van der Waals surface area contributed by atoms with E-state index in [1.807, 2.05) is 36.4 Å².